The number of halogens is 1. The van der Waals surface area contributed by atoms with Crippen molar-refractivity contribution in [3.63, 3.8) is 0 Å². The van der Waals surface area contributed by atoms with Gasteiger partial charge < -0.3 is 8.83 Å². The van der Waals surface area contributed by atoms with Gasteiger partial charge in [0.2, 0.25) is 5.55 Å². The maximum Gasteiger partial charge on any atom is 0.220 e. The average molecular weight is 324 g/mol. The van der Waals surface area contributed by atoms with Gasteiger partial charge in [-0.1, -0.05) is 23.7 Å². The van der Waals surface area contributed by atoms with Gasteiger partial charge in [0.15, 0.2) is 5.58 Å². The van der Waals surface area contributed by atoms with Crippen LogP contribution in [0.25, 0.3) is 21.9 Å². The molecule has 0 saturated heterocycles. The minimum absolute atomic E-state index is 0.542. The summed E-state index contributed by atoms with van der Waals surface area (Å²) in [7, 11) is 0. The van der Waals surface area contributed by atoms with Crippen LogP contribution < -0.4 is 5.55 Å². The molecule has 0 spiro atoms. The lowest BCUT2D eigenvalue weighted by Crippen LogP contribution is -1.99. The molecule has 0 bridgehead atoms. The van der Waals surface area contributed by atoms with Crippen molar-refractivity contribution < 1.29 is 8.83 Å². The van der Waals surface area contributed by atoms with Crippen LogP contribution in [0.3, 0.4) is 0 Å². The SMILES string of the molecule is Cc1ccc2c(c1)oc1c(C)oc(=Nc3ccc(Cl)cc3)cc12. The van der Waals surface area contributed by atoms with Crippen LogP contribution in [0.1, 0.15) is 11.3 Å². The van der Waals surface area contributed by atoms with E-state index >= 15 is 0 Å². The molecular weight excluding hydrogens is 310 g/mol. The van der Waals surface area contributed by atoms with Crippen LogP contribution in [0.5, 0.6) is 0 Å². The van der Waals surface area contributed by atoms with Crippen molar-refractivity contribution in [2.75, 3.05) is 0 Å². The van der Waals surface area contributed by atoms with Gasteiger partial charge in [-0.3, -0.25) is 0 Å². The Hall–Kier alpha value is -2.52. The van der Waals surface area contributed by atoms with Crippen LogP contribution in [-0.4, -0.2) is 0 Å². The summed E-state index contributed by atoms with van der Waals surface area (Å²) in [5.74, 6) is 0.712. The van der Waals surface area contributed by atoms with E-state index in [4.69, 9.17) is 20.4 Å². The van der Waals surface area contributed by atoms with Crippen LogP contribution in [-0.2, 0) is 0 Å². The third-order valence-corrected chi connectivity index (χ3v) is 4.05. The predicted octanol–water partition coefficient (Wildman–Crippen LogP) is 5.68. The van der Waals surface area contributed by atoms with Gasteiger partial charge in [-0.15, -0.1) is 0 Å². The van der Waals surface area contributed by atoms with E-state index in [1.54, 1.807) is 0 Å². The number of nitrogens with zero attached hydrogens (tertiary/aromatic N) is 1. The summed E-state index contributed by atoms with van der Waals surface area (Å²) in [6, 6.07) is 15.4. The summed E-state index contributed by atoms with van der Waals surface area (Å²) in [5.41, 5.74) is 4.13. The maximum absolute atomic E-state index is 5.93. The Morgan fingerprint density at radius 2 is 1.65 bits per heavy atom. The van der Waals surface area contributed by atoms with Crippen LogP contribution >= 0.6 is 11.6 Å². The second-order valence-corrected chi connectivity index (χ2v) is 6.01. The van der Waals surface area contributed by atoms with Crippen molar-refractivity contribution in [1.82, 2.24) is 0 Å². The Morgan fingerprint density at radius 1 is 0.870 bits per heavy atom. The van der Waals surface area contributed by atoms with Crippen LogP contribution in [0.2, 0.25) is 5.02 Å². The third-order valence-electron chi connectivity index (χ3n) is 3.80. The summed E-state index contributed by atoms with van der Waals surface area (Å²) in [4.78, 5) is 4.53. The lowest BCUT2D eigenvalue weighted by atomic mass is 10.1. The molecule has 114 valence electrons. The topological polar surface area (TPSA) is 38.6 Å². The zero-order chi connectivity index (χ0) is 16.0. The second kappa shape index (κ2) is 5.28. The van der Waals surface area contributed by atoms with E-state index in [0.717, 1.165) is 33.2 Å². The van der Waals surface area contributed by atoms with E-state index in [-0.39, 0.29) is 0 Å². The third kappa shape index (κ3) is 2.53. The smallest absolute Gasteiger partial charge is 0.220 e. The summed E-state index contributed by atoms with van der Waals surface area (Å²) < 4.78 is 11.7. The standard InChI is InChI=1S/C19H14ClNO2/c1-11-3-8-15-16-10-18(21-14-6-4-13(20)5-7-14)22-12(2)19(16)23-17(15)9-11/h3-10H,1-2H3. The molecule has 0 N–H and O–H groups in total. The average Bonchev–Trinajstić information content (AvgIpc) is 2.88. The van der Waals surface area contributed by atoms with Gasteiger partial charge in [-0.05, 0) is 49.7 Å². The Labute approximate surface area is 137 Å². The molecule has 0 aliphatic carbocycles. The molecule has 0 radical (unpaired) electrons. The zero-order valence-electron chi connectivity index (χ0n) is 12.8. The van der Waals surface area contributed by atoms with Crippen molar-refractivity contribution in [1.29, 1.82) is 0 Å². The molecule has 0 saturated carbocycles. The molecule has 2 heterocycles. The van der Waals surface area contributed by atoms with Gasteiger partial charge in [0, 0.05) is 21.9 Å². The summed E-state index contributed by atoms with van der Waals surface area (Å²) in [6.45, 7) is 3.93. The monoisotopic (exact) mass is 323 g/mol. The van der Waals surface area contributed by atoms with Gasteiger partial charge >= 0.3 is 0 Å². The van der Waals surface area contributed by atoms with Gasteiger partial charge in [-0.2, -0.15) is 0 Å². The van der Waals surface area contributed by atoms with E-state index in [0.29, 0.717) is 16.3 Å². The Bertz CT molecular complexity index is 1090. The number of furan rings is 1. The Kier molecular flexibility index (Phi) is 3.24. The first-order chi connectivity index (χ1) is 11.1. The molecule has 4 rings (SSSR count). The minimum Gasteiger partial charge on any atom is -0.452 e. The highest BCUT2D eigenvalue weighted by molar-refractivity contribution is 6.30. The fourth-order valence-corrected chi connectivity index (χ4v) is 2.81. The molecule has 0 atom stereocenters. The number of hydrogen-bond donors (Lipinski definition) is 0. The zero-order valence-corrected chi connectivity index (χ0v) is 13.5. The quantitative estimate of drug-likeness (QED) is 0.452. The lowest BCUT2D eigenvalue weighted by molar-refractivity contribution is 0.463. The van der Waals surface area contributed by atoms with Gasteiger partial charge in [0.25, 0.3) is 0 Å². The minimum atomic E-state index is 0.542. The number of benzene rings is 2. The highest BCUT2D eigenvalue weighted by atomic mass is 35.5. The number of fused-ring (bicyclic) bond motifs is 3. The maximum atomic E-state index is 5.93. The Morgan fingerprint density at radius 3 is 2.43 bits per heavy atom. The highest BCUT2D eigenvalue weighted by Crippen LogP contribution is 2.30. The second-order valence-electron chi connectivity index (χ2n) is 5.57. The predicted molar refractivity (Wildman–Crippen MR) is 92.1 cm³/mol. The summed E-state index contributed by atoms with van der Waals surface area (Å²) >= 11 is 5.90. The molecule has 0 amide bonds. The molecule has 0 fully saturated rings. The van der Waals surface area contributed by atoms with Crippen molar-refractivity contribution in [3.8, 4) is 0 Å². The number of hydrogen-bond acceptors (Lipinski definition) is 3. The van der Waals surface area contributed by atoms with Gasteiger partial charge in [-0.25, -0.2) is 4.99 Å². The molecule has 4 heteroatoms. The molecule has 2 aromatic carbocycles. The number of aryl methyl sites for hydroxylation is 2. The normalized spacial score (nSPS) is 12.4. The first-order valence-electron chi connectivity index (χ1n) is 7.34. The van der Waals surface area contributed by atoms with Gasteiger partial charge in [0.1, 0.15) is 11.3 Å². The largest absolute Gasteiger partial charge is 0.452 e. The lowest BCUT2D eigenvalue weighted by Gasteiger charge is -1.96. The molecule has 2 aromatic heterocycles. The van der Waals surface area contributed by atoms with E-state index in [1.807, 2.05) is 50.2 Å². The molecule has 23 heavy (non-hydrogen) atoms. The van der Waals surface area contributed by atoms with Crippen molar-refractivity contribution in [2.45, 2.75) is 13.8 Å². The molecule has 0 unspecified atom stereocenters. The molecule has 4 aromatic rings. The molecular formula is C19H14ClNO2. The van der Waals surface area contributed by atoms with Crippen molar-refractivity contribution >= 4 is 39.2 Å². The first-order valence-corrected chi connectivity index (χ1v) is 7.72. The highest BCUT2D eigenvalue weighted by Gasteiger charge is 2.11. The Balaban J connectivity index is 1.98. The number of rotatable bonds is 1. The van der Waals surface area contributed by atoms with E-state index < -0.39 is 0 Å². The van der Waals surface area contributed by atoms with Crippen LogP contribution in [0.15, 0.2) is 62.4 Å². The van der Waals surface area contributed by atoms with Crippen LogP contribution in [0.4, 0.5) is 5.69 Å². The van der Waals surface area contributed by atoms with Crippen molar-refractivity contribution in [3.05, 3.63) is 70.4 Å². The first kappa shape index (κ1) is 14.1. The van der Waals surface area contributed by atoms with E-state index in [2.05, 4.69) is 17.1 Å². The van der Waals surface area contributed by atoms with Crippen LogP contribution in [0, 0.1) is 13.8 Å². The summed E-state index contributed by atoms with van der Waals surface area (Å²) in [5, 5.41) is 2.76. The van der Waals surface area contributed by atoms with Gasteiger partial charge in [0.05, 0.1) is 5.69 Å². The molecule has 3 nitrogen and oxygen atoms in total. The van der Waals surface area contributed by atoms with Crippen molar-refractivity contribution in [2.24, 2.45) is 4.99 Å². The van der Waals surface area contributed by atoms with E-state index in [1.165, 1.54) is 0 Å². The molecule has 0 aliphatic rings. The molecule has 0 aliphatic heterocycles. The fourth-order valence-electron chi connectivity index (χ4n) is 2.68. The summed E-state index contributed by atoms with van der Waals surface area (Å²) in [6.07, 6.45) is 0. The van der Waals surface area contributed by atoms with E-state index in [9.17, 15) is 0 Å². The fraction of sp³-hybridized carbons (Fsp3) is 0.105.